The van der Waals surface area contributed by atoms with Crippen molar-refractivity contribution in [3.05, 3.63) is 61.0 Å². The van der Waals surface area contributed by atoms with E-state index in [1.807, 2.05) is 6.08 Å². The van der Waals surface area contributed by atoms with Gasteiger partial charge < -0.3 is 10.6 Å². The average Bonchev–Trinajstić information content (AvgIpc) is 2.35. The third-order valence-electron chi connectivity index (χ3n) is 2.57. The van der Waals surface area contributed by atoms with E-state index in [0.717, 1.165) is 38.0 Å². The number of dihydropyridines is 1. The molecule has 1 heterocycles. The summed E-state index contributed by atoms with van der Waals surface area (Å²) < 4.78 is 0. The Kier molecular flexibility index (Phi) is 5.94. The standard InChI is InChI=1S/C15H22N2/c1-4-5-8-13(2)12-17-14(3)11-15-9-6-7-10-16-15/h4,6-7,9,16-17H,1-3,5,8,10-12H2. The second-order valence-corrected chi connectivity index (χ2v) is 4.21. The molecular weight excluding hydrogens is 208 g/mol. The monoisotopic (exact) mass is 230 g/mol. The Labute approximate surface area is 104 Å². The van der Waals surface area contributed by atoms with Gasteiger partial charge in [-0.2, -0.15) is 0 Å². The van der Waals surface area contributed by atoms with Crippen LogP contribution < -0.4 is 10.6 Å². The van der Waals surface area contributed by atoms with Crippen LogP contribution >= 0.6 is 0 Å². The normalized spacial score (nSPS) is 13.5. The van der Waals surface area contributed by atoms with Gasteiger partial charge in [0.2, 0.25) is 0 Å². The minimum Gasteiger partial charge on any atom is -0.385 e. The molecule has 0 aliphatic carbocycles. The van der Waals surface area contributed by atoms with E-state index in [4.69, 9.17) is 0 Å². The summed E-state index contributed by atoms with van der Waals surface area (Å²) in [6, 6.07) is 0. The molecule has 0 radical (unpaired) electrons. The topological polar surface area (TPSA) is 24.1 Å². The molecule has 0 saturated heterocycles. The van der Waals surface area contributed by atoms with Gasteiger partial charge in [0.25, 0.3) is 0 Å². The summed E-state index contributed by atoms with van der Waals surface area (Å²) >= 11 is 0. The molecule has 0 saturated carbocycles. The molecule has 17 heavy (non-hydrogen) atoms. The lowest BCUT2D eigenvalue weighted by Crippen LogP contribution is -2.21. The van der Waals surface area contributed by atoms with Crippen LogP contribution in [0.3, 0.4) is 0 Å². The van der Waals surface area contributed by atoms with Crippen LogP contribution in [-0.2, 0) is 0 Å². The average molecular weight is 230 g/mol. The first-order chi connectivity index (χ1) is 8.22. The van der Waals surface area contributed by atoms with Crippen molar-refractivity contribution in [1.82, 2.24) is 10.6 Å². The van der Waals surface area contributed by atoms with Crippen molar-refractivity contribution in [1.29, 1.82) is 0 Å². The molecule has 0 atom stereocenters. The first-order valence-corrected chi connectivity index (χ1v) is 6.01. The highest BCUT2D eigenvalue weighted by Crippen LogP contribution is 2.08. The van der Waals surface area contributed by atoms with Crippen LogP contribution in [0.2, 0.25) is 0 Å². The van der Waals surface area contributed by atoms with E-state index in [9.17, 15) is 0 Å². The molecule has 92 valence electrons. The molecule has 0 unspecified atom stereocenters. The Morgan fingerprint density at radius 3 is 2.94 bits per heavy atom. The first kappa shape index (κ1) is 13.4. The zero-order chi connectivity index (χ0) is 12.5. The Morgan fingerprint density at radius 1 is 1.47 bits per heavy atom. The van der Waals surface area contributed by atoms with E-state index < -0.39 is 0 Å². The van der Waals surface area contributed by atoms with Crippen LogP contribution in [0.15, 0.2) is 61.0 Å². The summed E-state index contributed by atoms with van der Waals surface area (Å²) in [7, 11) is 0. The molecule has 1 rings (SSSR count). The van der Waals surface area contributed by atoms with Crippen molar-refractivity contribution in [3.8, 4) is 0 Å². The molecule has 1 aliphatic heterocycles. The largest absolute Gasteiger partial charge is 0.385 e. The molecule has 0 bridgehead atoms. The van der Waals surface area contributed by atoms with E-state index in [0.29, 0.717) is 0 Å². The number of rotatable bonds is 8. The zero-order valence-corrected chi connectivity index (χ0v) is 10.5. The lowest BCUT2D eigenvalue weighted by molar-refractivity contribution is 0.762. The zero-order valence-electron chi connectivity index (χ0n) is 10.5. The Hall–Kier alpha value is -1.70. The minimum absolute atomic E-state index is 0.801. The van der Waals surface area contributed by atoms with Crippen molar-refractivity contribution in [3.63, 3.8) is 0 Å². The van der Waals surface area contributed by atoms with E-state index in [2.05, 4.69) is 48.6 Å². The van der Waals surface area contributed by atoms with E-state index in [1.165, 1.54) is 11.3 Å². The smallest absolute Gasteiger partial charge is 0.0354 e. The summed E-state index contributed by atoms with van der Waals surface area (Å²) in [5.41, 5.74) is 3.43. The molecule has 2 N–H and O–H groups in total. The molecule has 1 aliphatic rings. The third-order valence-corrected chi connectivity index (χ3v) is 2.57. The molecule has 0 aromatic rings. The molecule has 0 amide bonds. The van der Waals surface area contributed by atoms with Gasteiger partial charge in [-0.1, -0.05) is 37.0 Å². The van der Waals surface area contributed by atoms with Gasteiger partial charge in [0.05, 0.1) is 0 Å². The highest BCUT2D eigenvalue weighted by atomic mass is 14.9. The summed E-state index contributed by atoms with van der Waals surface area (Å²) in [6.45, 7) is 13.5. The van der Waals surface area contributed by atoms with Gasteiger partial charge in [0, 0.05) is 30.9 Å². The highest BCUT2D eigenvalue weighted by Gasteiger charge is 2.01. The first-order valence-electron chi connectivity index (χ1n) is 6.01. The molecule has 2 nitrogen and oxygen atoms in total. The van der Waals surface area contributed by atoms with Gasteiger partial charge in [-0.3, -0.25) is 0 Å². The maximum absolute atomic E-state index is 4.02. The lowest BCUT2D eigenvalue weighted by Gasteiger charge is -2.15. The van der Waals surface area contributed by atoms with E-state index in [1.54, 1.807) is 0 Å². The van der Waals surface area contributed by atoms with E-state index in [-0.39, 0.29) is 0 Å². The van der Waals surface area contributed by atoms with Crippen LogP contribution in [0.1, 0.15) is 19.3 Å². The third kappa shape index (κ3) is 5.81. The number of nitrogens with one attached hydrogen (secondary N) is 2. The Balaban J connectivity index is 2.20. The van der Waals surface area contributed by atoms with Gasteiger partial charge >= 0.3 is 0 Å². The van der Waals surface area contributed by atoms with Gasteiger partial charge in [-0.05, 0) is 18.9 Å². The van der Waals surface area contributed by atoms with Gasteiger partial charge in [-0.15, -0.1) is 6.58 Å². The molecule has 2 heteroatoms. The van der Waals surface area contributed by atoms with Gasteiger partial charge in [0.15, 0.2) is 0 Å². The van der Waals surface area contributed by atoms with Crippen molar-refractivity contribution in [2.75, 3.05) is 13.1 Å². The Morgan fingerprint density at radius 2 is 2.29 bits per heavy atom. The maximum atomic E-state index is 4.02. The molecule has 0 aromatic carbocycles. The number of hydrogen-bond acceptors (Lipinski definition) is 2. The van der Waals surface area contributed by atoms with Crippen molar-refractivity contribution in [2.45, 2.75) is 19.3 Å². The van der Waals surface area contributed by atoms with Gasteiger partial charge in [-0.25, -0.2) is 0 Å². The quantitative estimate of drug-likeness (QED) is 0.626. The van der Waals surface area contributed by atoms with Crippen LogP contribution in [0, 0.1) is 0 Å². The second-order valence-electron chi connectivity index (χ2n) is 4.21. The van der Waals surface area contributed by atoms with Crippen LogP contribution in [0.25, 0.3) is 0 Å². The summed E-state index contributed by atoms with van der Waals surface area (Å²) in [4.78, 5) is 0. The van der Waals surface area contributed by atoms with Crippen molar-refractivity contribution in [2.24, 2.45) is 0 Å². The molecule has 0 spiro atoms. The number of hydrogen-bond donors (Lipinski definition) is 2. The fourth-order valence-electron chi connectivity index (χ4n) is 1.56. The lowest BCUT2D eigenvalue weighted by atomic mass is 10.1. The minimum atomic E-state index is 0.801. The van der Waals surface area contributed by atoms with Crippen molar-refractivity contribution < 1.29 is 0 Å². The second kappa shape index (κ2) is 7.55. The summed E-state index contributed by atoms with van der Waals surface area (Å²) in [5.74, 6) is 0. The SMILES string of the molecule is C=CCCC(=C)CNC(=C)CC1=CC=CCN1. The number of allylic oxidation sites excluding steroid dienone is 3. The molecule has 0 fully saturated rings. The summed E-state index contributed by atoms with van der Waals surface area (Å²) in [6.07, 6.45) is 11.0. The van der Waals surface area contributed by atoms with Crippen LogP contribution in [0.5, 0.6) is 0 Å². The Bertz CT molecular complexity index is 348. The highest BCUT2D eigenvalue weighted by molar-refractivity contribution is 5.21. The predicted octanol–water partition coefficient (Wildman–Crippen LogP) is 3.05. The van der Waals surface area contributed by atoms with Crippen LogP contribution in [0.4, 0.5) is 0 Å². The van der Waals surface area contributed by atoms with Crippen molar-refractivity contribution >= 4 is 0 Å². The maximum Gasteiger partial charge on any atom is 0.0354 e. The fourth-order valence-corrected chi connectivity index (χ4v) is 1.56. The summed E-state index contributed by atoms with van der Waals surface area (Å²) in [5, 5.41) is 6.62. The predicted molar refractivity (Wildman–Crippen MR) is 75.6 cm³/mol. The molecule has 0 aromatic heterocycles. The van der Waals surface area contributed by atoms with Crippen LogP contribution in [-0.4, -0.2) is 13.1 Å². The molecular formula is C15H22N2. The van der Waals surface area contributed by atoms with E-state index >= 15 is 0 Å². The van der Waals surface area contributed by atoms with Gasteiger partial charge in [0.1, 0.15) is 0 Å². The fraction of sp³-hybridized carbons (Fsp3) is 0.333.